The third-order valence-electron chi connectivity index (χ3n) is 4.36. The lowest BCUT2D eigenvalue weighted by molar-refractivity contribution is 0.475. The molecule has 0 aliphatic rings. The van der Waals surface area contributed by atoms with E-state index in [1.54, 1.807) is 0 Å². The van der Waals surface area contributed by atoms with Gasteiger partial charge in [0.25, 0.3) is 0 Å². The van der Waals surface area contributed by atoms with Crippen molar-refractivity contribution < 1.29 is 10.2 Å². The molecule has 0 fully saturated rings. The molecular weight excluding hydrogens is 635 g/mol. The molecule has 0 amide bonds. The number of halogens is 4. The SMILES string of the molecule is Cc1cc(C)c(P(c2cc(Br)cc(Br)c2O)c2cc(Br)cc(Br)c2O)c(C)c1. The Hall–Kier alpha value is -0.390. The van der Waals surface area contributed by atoms with Gasteiger partial charge in [-0.25, -0.2) is 0 Å². The molecule has 7 heteroatoms. The molecule has 0 atom stereocenters. The lowest BCUT2D eigenvalue weighted by atomic mass is 10.1. The Bertz CT molecular complexity index is 1000. The smallest absolute Gasteiger partial charge is 0.138 e. The van der Waals surface area contributed by atoms with Crippen LogP contribution in [0, 0.1) is 20.8 Å². The summed E-state index contributed by atoms with van der Waals surface area (Å²) in [6.45, 7) is 6.24. The van der Waals surface area contributed by atoms with Gasteiger partial charge in [-0.1, -0.05) is 49.6 Å². The average Bonchev–Trinajstić information content (AvgIpc) is 2.58. The van der Waals surface area contributed by atoms with Gasteiger partial charge in [0.2, 0.25) is 0 Å². The Kier molecular flexibility index (Phi) is 6.98. The first-order valence-electron chi connectivity index (χ1n) is 8.34. The Balaban J connectivity index is 2.44. The highest BCUT2D eigenvalue weighted by Crippen LogP contribution is 2.45. The Morgan fingerprint density at radius 2 is 1.04 bits per heavy atom. The quantitative estimate of drug-likeness (QED) is 0.305. The van der Waals surface area contributed by atoms with Gasteiger partial charge in [0.05, 0.1) is 8.95 Å². The number of phenols is 2. The summed E-state index contributed by atoms with van der Waals surface area (Å²) in [7, 11) is -1.23. The van der Waals surface area contributed by atoms with Crippen LogP contribution < -0.4 is 15.9 Å². The summed E-state index contributed by atoms with van der Waals surface area (Å²) in [6.07, 6.45) is 0. The predicted octanol–water partition coefficient (Wildman–Crippen LogP) is 6.83. The summed E-state index contributed by atoms with van der Waals surface area (Å²) in [5.74, 6) is 0.369. The number of aryl methyl sites for hydroxylation is 3. The van der Waals surface area contributed by atoms with E-state index in [1.807, 2.05) is 24.3 Å². The van der Waals surface area contributed by atoms with Crippen molar-refractivity contribution in [3.63, 3.8) is 0 Å². The topological polar surface area (TPSA) is 40.5 Å². The van der Waals surface area contributed by atoms with Crippen molar-refractivity contribution in [2.45, 2.75) is 20.8 Å². The first-order valence-corrected chi connectivity index (χ1v) is 12.9. The second-order valence-corrected chi connectivity index (χ2v) is 12.2. The molecule has 0 saturated carbocycles. The second-order valence-electron chi connectivity index (χ2n) is 6.59. The first-order chi connectivity index (χ1) is 13.1. The molecule has 3 rings (SSSR count). The number of aromatic hydroxyl groups is 2. The van der Waals surface area contributed by atoms with Crippen LogP contribution in [-0.4, -0.2) is 10.2 Å². The van der Waals surface area contributed by atoms with Crippen LogP contribution in [-0.2, 0) is 0 Å². The molecule has 0 aliphatic heterocycles. The van der Waals surface area contributed by atoms with Gasteiger partial charge < -0.3 is 10.2 Å². The van der Waals surface area contributed by atoms with Gasteiger partial charge in [-0.05, 0) is 101 Å². The molecule has 2 nitrogen and oxygen atoms in total. The van der Waals surface area contributed by atoms with Crippen LogP contribution in [0.5, 0.6) is 11.5 Å². The lowest BCUT2D eigenvalue weighted by Crippen LogP contribution is -2.25. The molecule has 3 aromatic carbocycles. The minimum Gasteiger partial charge on any atom is -0.506 e. The van der Waals surface area contributed by atoms with Crippen molar-refractivity contribution in [3.8, 4) is 11.5 Å². The van der Waals surface area contributed by atoms with Crippen LogP contribution in [0.3, 0.4) is 0 Å². The maximum absolute atomic E-state index is 10.9. The summed E-state index contributed by atoms with van der Waals surface area (Å²) in [6, 6.07) is 11.8. The van der Waals surface area contributed by atoms with E-state index in [0.717, 1.165) is 36.0 Å². The molecule has 0 bridgehead atoms. The van der Waals surface area contributed by atoms with E-state index in [9.17, 15) is 10.2 Å². The molecule has 28 heavy (non-hydrogen) atoms. The second kappa shape index (κ2) is 8.77. The normalized spacial score (nSPS) is 11.3. The third kappa shape index (κ3) is 4.37. The lowest BCUT2D eigenvalue weighted by Gasteiger charge is -2.26. The maximum atomic E-state index is 10.9. The van der Waals surface area contributed by atoms with Crippen LogP contribution in [0.25, 0.3) is 0 Å². The zero-order valence-electron chi connectivity index (χ0n) is 15.3. The molecule has 2 N–H and O–H groups in total. The molecule has 0 unspecified atom stereocenters. The van der Waals surface area contributed by atoms with Crippen molar-refractivity contribution >= 4 is 87.6 Å². The molecule has 0 aromatic heterocycles. The van der Waals surface area contributed by atoms with E-state index in [2.05, 4.69) is 96.6 Å². The maximum Gasteiger partial charge on any atom is 0.138 e. The molecule has 0 spiro atoms. The fourth-order valence-corrected chi connectivity index (χ4v) is 9.23. The summed E-state index contributed by atoms with van der Waals surface area (Å²) < 4.78 is 2.94. The fraction of sp³-hybridized carbons (Fsp3) is 0.143. The number of hydrogen-bond acceptors (Lipinski definition) is 2. The number of benzene rings is 3. The van der Waals surface area contributed by atoms with E-state index in [-0.39, 0.29) is 11.5 Å². The van der Waals surface area contributed by atoms with E-state index in [4.69, 9.17) is 0 Å². The van der Waals surface area contributed by atoms with Gasteiger partial charge in [0.1, 0.15) is 11.5 Å². The highest BCUT2D eigenvalue weighted by atomic mass is 79.9. The van der Waals surface area contributed by atoms with E-state index in [0.29, 0.717) is 8.95 Å². The van der Waals surface area contributed by atoms with Gasteiger partial charge in [-0.15, -0.1) is 0 Å². The Labute approximate surface area is 199 Å². The average molecular weight is 652 g/mol. The number of hydrogen-bond donors (Lipinski definition) is 2. The Morgan fingerprint density at radius 1 is 0.643 bits per heavy atom. The van der Waals surface area contributed by atoms with Crippen molar-refractivity contribution in [1.82, 2.24) is 0 Å². The number of rotatable bonds is 3. The minimum atomic E-state index is -1.23. The molecule has 3 aromatic rings. The van der Waals surface area contributed by atoms with Crippen LogP contribution in [0.15, 0.2) is 54.3 Å². The molecule has 0 saturated heterocycles. The fourth-order valence-electron chi connectivity index (χ4n) is 3.34. The van der Waals surface area contributed by atoms with Crippen molar-refractivity contribution in [2.24, 2.45) is 0 Å². The Morgan fingerprint density at radius 3 is 1.43 bits per heavy atom. The van der Waals surface area contributed by atoms with Crippen molar-refractivity contribution in [2.75, 3.05) is 0 Å². The molecule has 0 heterocycles. The molecule has 146 valence electrons. The van der Waals surface area contributed by atoms with Gasteiger partial charge >= 0.3 is 0 Å². The first kappa shape index (κ1) is 22.3. The zero-order chi connectivity index (χ0) is 20.7. The van der Waals surface area contributed by atoms with Crippen LogP contribution in [0.1, 0.15) is 16.7 Å². The van der Waals surface area contributed by atoms with Crippen molar-refractivity contribution in [3.05, 3.63) is 71.0 Å². The molecule has 0 radical (unpaired) electrons. The van der Waals surface area contributed by atoms with Gasteiger partial charge in [-0.2, -0.15) is 0 Å². The van der Waals surface area contributed by atoms with Crippen LogP contribution in [0.4, 0.5) is 0 Å². The largest absolute Gasteiger partial charge is 0.506 e. The van der Waals surface area contributed by atoms with Crippen LogP contribution in [0.2, 0.25) is 0 Å². The number of phenolic OH excluding ortho intramolecular Hbond substituents is 2. The molecule has 0 aliphatic carbocycles. The minimum absolute atomic E-state index is 0.184. The monoisotopic (exact) mass is 648 g/mol. The summed E-state index contributed by atoms with van der Waals surface area (Å²) in [5, 5.41) is 24.5. The third-order valence-corrected chi connectivity index (χ3v) is 9.28. The summed E-state index contributed by atoms with van der Waals surface area (Å²) in [5.41, 5.74) is 3.46. The van der Waals surface area contributed by atoms with Gasteiger partial charge in [-0.3, -0.25) is 0 Å². The van der Waals surface area contributed by atoms with Crippen LogP contribution >= 0.6 is 71.6 Å². The zero-order valence-corrected chi connectivity index (χ0v) is 22.6. The highest BCUT2D eigenvalue weighted by Gasteiger charge is 2.28. The standard InChI is InChI=1S/C21H17Br4O2P/c1-10-4-11(2)21(12(3)5-10)28(17-8-13(22)6-15(24)19(17)26)18-9-14(23)7-16(25)20(18)27/h4-9,26-27H,1-3H3. The predicted molar refractivity (Wildman–Crippen MR) is 133 cm³/mol. The van der Waals surface area contributed by atoms with E-state index >= 15 is 0 Å². The van der Waals surface area contributed by atoms with Crippen molar-refractivity contribution in [1.29, 1.82) is 0 Å². The summed E-state index contributed by atoms with van der Waals surface area (Å²) >= 11 is 14.0. The van der Waals surface area contributed by atoms with Gasteiger partial charge in [0.15, 0.2) is 0 Å². The molecular formula is C21H17Br4O2P. The van der Waals surface area contributed by atoms with Gasteiger partial charge in [0, 0.05) is 19.6 Å². The summed E-state index contributed by atoms with van der Waals surface area (Å²) in [4.78, 5) is 0. The highest BCUT2D eigenvalue weighted by molar-refractivity contribution is 9.11. The van der Waals surface area contributed by atoms with E-state index < -0.39 is 7.92 Å². The van der Waals surface area contributed by atoms with E-state index in [1.165, 1.54) is 5.56 Å².